The summed E-state index contributed by atoms with van der Waals surface area (Å²) in [5.41, 5.74) is 4.16. The lowest BCUT2D eigenvalue weighted by Crippen LogP contribution is -2.35. The van der Waals surface area contributed by atoms with Crippen LogP contribution < -0.4 is 10.1 Å². The number of amides is 1. The van der Waals surface area contributed by atoms with Crippen molar-refractivity contribution in [3.05, 3.63) is 59.4 Å². The van der Waals surface area contributed by atoms with Crippen molar-refractivity contribution in [2.45, 2.75) is 51.7 Å². The molecule has 0 saturated heterocycles. The second-order valence-electron chi connectivity index (χ2n) is 7.87. The zero-order valence-electron chi connectivity index (χ0n) is 16.5. The Morgan fingerprint density at radius 3 is 2.83 bits per heavy atom. The molecule has 3 aromatic rings. The predicted molar refractivity (Wildman–Crippen MR) is 111 cm³/mol. The molecule has 2 aromatic carbocycles. The Hall–Kier alpha value is -3.15. The number of carbonyl (C=O) groups is 1. The third kappa shape index (κ3) is 3.50. The number of benzene rings is 2. The van der Waals surface area contributed by atoms with Crippen molar-refractivity contribution in [1.82, 2.24) is 14.8 Å². The second-order valence-corrected chi connectivity index (χ2v) is 7.87. The van der Waals surface area contributed by atoms with Crippen LogP contribution in [-0.2, 0) is 24.2 Å². The van der Waals surface area contributed by atoms with Gasteiger partial charge in [0.2, 0.25) is 0 Å². The summed E-state index contributed by atoms with van der Waals surface area (Å²) in [4.78, 5) is 12.7. The third-order valence-corrected chi connectivity index (χ3v) is 5.72. The van der Waals surface area contributed by atoms with Crippen molar-refractivity contribution in [1.29, 1.82) is 0 Å². The average Bonchev–Trinajstić information content (AvgIpc) is 3.18. The van der Waals surface area contributed by atoms with Gasteiger partial charge >= 0.3 is 0 Å². The Morgan fingerprint density at radius 2 is 1.97 bits per heavy atom. The zero-order valence-corrected chi connectivity index (χ0v) is 16.5. The molecule has 1 aromatic heterocycles. The van der Waals surface area contributed by atoms with Crippen molar-refractivity contribution in [2.24, 2.45) is 0 Å². The first kappa shape index (κ1) is 17.9. The number of rotatable bonds is 3. The summed E-state index contributed by atoms with van der Waals surface area (Å²) in [6, 6.07) is 13.9. The number of fused-ring (bicyclic) bond motifs is 2. The van der Waals surface area contributed by atoms with Gasteiger partial charge in [0.1, 0.15) is 11.6 Å². The molecule has 2 aliphatic heterocycles. The fourth-order valence-electron chi connectivity index (χ4n) is 4.15. The Morgan fingerprint density at radius 1 is 1.10 bits per heavy atom. The van der Waals surface area contributed by atoms with Crippen LogP contribution in [0.5, 0.6) is 5.75 Å². The molecule has 1 atom stereocenters. The molecule has 6 nitrogen and oxygen atoms in total. The highest BCUT2D eigenvalue weighted by atomic mass is 16.5. The van der Waals surface area contributed by atoms with Gasteiger partial charge in [-0.25, -0.2) is 0 Å². The van der Waals surface area contributed by atoms with Crippen LogP contribution in [0.25, 0.3) is 11.4 Å². The van der Waals surface area contributed by atoms with Crippen molar-refractivity contribution >= 4 is 11.6 Å². The number of hydrogen-bond donors (Lipinski definition) is 1. The highest BCUT2D eigenvalue weighted by Crippen LogP contribution is 2.29. The van der Waals surface area contributed by atoms with E-state index in [0.717, 1.165) is 54.5 Å². The number of aryl methyl sites for hydroxylation is 3. The van der Waals surface area contributed by atoms with Gasteiger partial charge in [0, 0.05) is 24.2 Å². The Bertz CT molecular complexity index is 1060. The molecule has 0 radical (unpaired) electrons. The lowest BCUT2D eigenvalue weighted by atomic mass is 10.00. The van der Waals surface area contributed by atoms with Crippen LogP contribution in [0, 0.1) is 6.92 Å². The molecule has 0 bridgehead atoms. The Balaban J connectivity index is 1.27. The monoisotopic (exact) mass is 388 g/mol. The lowest BCUT2D eigenvalue weighted by molar-refractivity contribution is -0.123. The van der Waals surface area contributed by atoms with Gasteiger partial charge in [0.15, 0.2) is 11.9 Å². The highest BCUT2D eigenvalue weighted by Gasteiger charge is 2.26. The molecule has 3 heterocycles. The quantitative estimate of drug-likeness (QED) is 0.738. The molecule has 1 unspecified atom stereocenters. The first-order valence-corrected chi connectivity index (χ1v) is 10.3. The second kappa shape index (κ2) is 7.35. The van der Waals surface area contributed by atoms with Crippen LogP contribution in [0.3, 0.4) is 0 Å². The van der Waals surface area contributed by atoms with E-state index >= 15 is 0 Å². The summed E-state index contributed by atoms with van der Waals surface area (Å²) < 4.78 is 8.13. The average molecular weight is 388 g/mol. The van der Waals surface area contributed by atoms with Gasteiger partial charge in [0.25, 0.3) is 5.91 Å². The SMILES string of the molecule is Cc1ccc2c(c1)CCC(C(=O)Nc1ccc(-c3nnc4n3CCCC4)cc1)O2. The van der Waals surface area contributed by atoms with Gasteiger partial charge in [-0.3, -0.25) is 4.79 Å². The van der Waals surface area contributed by atoms with E-state index in [9.17, 15) is 4.79 Å². The molecule has 0 aliphatic carbocycles. The van der Waals surface area contributed by atoms with Gasteiger partial charge in [0.05, 0.1) is 0 Å². The van der Waals surface area contributed by atoms with Gasteiger partial charge in [-0.15, -0.1) is 10.2 Å². The summed E-state index contributed by atoms with van der Waals surface area (Å²) in [6.07, 6.45) is 4.41. The van der Waals surface area contributed by atoms with E-state index in [1.165, 1.54) is 17.5 Å². The van der Waals surface area contributed by atoms with E-state index in [2.05, 4.69) is 33.1 Å². The summed E-state index contributed by atoms with van der Waals surface area (Å²) >= 11 is 0. The van der Waals surface area contributed by atoms with Gasteiger partial charge in [-0.2, -0.15) is 0 Å². The van der Waals surface area contributed by atoms with E-state index in [0.29, 0.717) is 6.42 Å². The van der Waals surface area contributed by atoms with Crippen LogP contribution >= 0.6 is 0 Å². The summed E-state index contributed by atoms with van der Waals surface area (Å²) in [5, 5.41) is 11.7. The molecule has 1 amide bonds. The fraction of sp³-hybridized carbons (Fsp3) is 0.348. The maximum Gasteiger partial charge on any atom is 0.265 e. The predicted octanol–water partition coefficient (Wildman–Crippen LogP) is 3.92. The maximum atomic E-state index is 12.7. The molecular formula is C23H24N4O2. The molecular weight excluding hydrogens is 364 g/mol. The fourth-order valence-corrected chi connectivity index (χ4v) is 4.15. The minimum Gasteiger partial charge on any atom is -0.480 e. The van der Waals surface area contributed by atoms with Crippen molar-refractivity contribution in [3.8, 4) is 17.1 Å². The number of nitrogens with one attached hydrogen (secondary N) is 1. The molecule has 1 N–H and O–H groups in total. The Kier molecular flexibility index (Phi) is 4.54. The first-order chi connectivity index (χ1) is 14.2. The first-order valence-electron chi connectivity index (χ1n) is 10.3. The van der Waals surface area contributed by atoms with Crippen molar-refractivity contribution in [3.63, 3.8) is 0 Å². The van der Waals surface area contributed by atoms with E-state index < -0.39 is 6.10 Å². The molecule has 2 aliphatic rings. The van der Waals surface area contributed by atoms with Crippen LogP contribution in [0.2, 0.25) is 0 Å². The highest BCUT2D eigenvalue weighted by molar-refractivity contribution is 5.94. The van der Waals surface area contributed by atoms with Gasteiger partial charge in [-0.05, 0) is 68.5 Å². The number of hydrogen-bond acceptors (Lipinski definition) is 4. The molecule has 0 spiro atoms. The van der Waals surface area contributed by atoms with E-state index in [-0.39, 0.29) is 5.91 Å². The molecule has 5 rings (SSSR count). The molecule has 0 fully saturated rings. The van der Waals surface area contributed by atoms with Crippen LogP contribution in [0.15, 0.2) is 42.5 Å². The van der Waals surface area contributed by atoms with Gasteiger partial charge < -0.3 is 14.6 Å². The molecule has 148 valence electrons. The summed E-state index contributed by atoms with van der Waals surface area (Å²) in [7, 11) is 0. The number of anilines is 1. The minimum atomic E-state index is -0.464. The van der Waals surface area contributed by atoms with Crippen LogP contribution in [-0.4, -0.2) is 26.8 Å². The smallest absolute Gasteiger partial charge is 0.265 e. The largest absolute Gasteiger partial charge is 0.480 e. The normalized spacial score (nSPS) is 17.8. The Labute approximate surface area is 169 Å². The minimum absolute atomic E-state index is 0.108. The van der Waals surface area contributed by atoms with Crippen LogP contribution in [0.4, 0.5) is 5.69 Å². The number of carbonyl (C=O) groups excluding carboxylic acids is 1. The van der Waals surface area contributed by atoms with Gasteiger partial charge in [-0.1, -0.05) is 17.7 Å². The third-order valence-electron chi connectivity index (χ3n) is 5.72. The topological polar surface area (TPSA) is 69.0 Å². The summed E-state index contributed by atoms with van der Waals surface area (Å²) in [5.74, 6) is 2.67. The standard InChI is InChI=1S/C23H24N4O2/c1-15-5-11-19-17(14-15)8-12-20(29-19)23(28)24-18-9-6-16(7-10-18)22-26-25-21-4-2-3-13-27(21)22/h5-7,9-11,14,20H,2-4,8,12-13H2,1H3,(H,24,28). The summed E-state index contributed by atoms with van der Waals surface area (Å²) in [6.45, 7) is 3.04. The molecule has 29 heavy (non-hydrogen) atoms. The van der Waals surface area contributed by atoms with Crippen molar-refractivity contribution in [2.75, 3.05) is 5.32 Å². The number of ether oxygens (including phenoxy) is 1. The van der Waals surface area contributed by atoms with E-state index in [4.69, 9.17) is 4.74 Å². The number of aromatic nitrogens is 3. The number of nitrogens with zero attached hydrogens (tertiary/aromatic N) is 3. The maximum absolute atomic E-state index is 12.7. The molecule has 6 heteroatoms. The van der Waals surface area contributed by atoms with E-state index in [1.54, 1.807) is 0 Å². The molecule has 0 saturated carbocycles. The zero-order chi connectivity index (χ0) is 19.8. The lowest BCUT2D eigenvalue weighted by Gasteiger charge is -2.25. The van der Waals surface area contributed by atoms with Crippen molar-refractivity contribution < 1.29 is 9.53 Å². The van der Waals surface area contributed by atoms with E-state index in [1.807, 2.05) is 36.4 Å². The van der Waals surface area contributed by atoms with Crippen LogP contribution in [0.1, 0.15) is 36.2 Å².